The van der Waals surface area contributed by atoms with Gasteiger partial charge in [0, 0.05) is 12.6 Å². The number of nitrogens with two attached hydrogens (primary N) is 1. The lowest BCUT2D eigenvalue weighted by atomic mass is 9.68. The highest BCUT2D eigenvalue weighted by Crippen LogP contribution is 2.40. The van der Waals surface area contributed by atoms with Gasteiger partial charge in [-0.3, -0.25) is 0 Å². The maximum Gasteiger partial charge on any atom is 0.0576 e. The van der Waals surface area contributed by atoms with Gasteiger partial charge in [-0.1, -0.05) is 20.8 Å². The monoisotopic (exact) mass is 267 g/mol. The highest BCUT2D eigenvalue weighted by molar-refractivity contribution is 4.85. The van der Waals surface area contributed by atoms with Crippen molar-refractivity contribution in [3.8, 4) is 0 Å². The third-order valence-electron chi connectivity index (χ3n) is 5.45. The van der Waals surface area contributed by atoms with Crippen molar-refractivity contribution in [2.75, 3.05) is 6.61 Å². The molecule has 2 heteroatoms. The quantitative estimate of drug-likeness (QED) is 0.831. The van der Waals surface area contributed by atoms with Crippen LogP contribution < -0.4 is 5.73 Å². The van der Waals surface area contributed by atoms with Crippen molar-refractivity contribution in [2.24, 2.45) is 23.0 Å². The Morgan fingerprint density at radius 1 is 1.11 bits per heavy atom. The number of hydrogen-bond acceptors (Lipinski definition) is 2. The highest BCUT2D eigenvalue weighted by atomic mass is 16.5. The molecule has 19 heavy (non-hydrogen) atoms. The Morgan fingerprint density at radius 3 is 2.32 bits per heavy atom. The van der Waals surface area contributed by atoms with Crippen LogP contribution in [-0.2, 0) is 4.74 Å². The van der Waals surface area contributed by atoms with Crippen LogP contribution in [0.5, 0.6) is 0 Å². The van der Waals surface area contributed by atoms with Crippen LogP contribution in [0.2, 0.25) is 0 Å². The van der Waals surface area contributed by atoms with Gasteiger partial charge in [0.05, 0.1) is 6.10 Å². The van der Waals surface area contributed by atoms with Crippen LogP contribution in [0.4, 0.5) is 0 Å². The van der Waals surface area contributed by atoms with E-state index in [-0.39, 0.29) is 0 Å². The Hall–Kier alpha value is -0.0800. The minimum Gasteiger partial charge on any atom is -0.378 e. The molecule has 2 unspecified atom stereocenters. The van der Waals surface area contributed by atoms with Gasteiger partial charge >= 0.3 is 0 Å². The van der Waals surface area contributed by atoms with E-state index >= 15 is 0 Å². The molecule has 0 aromatic carbocycles. The summed E-state index contributed by atoms with van der Waals surface area (Å²) in [5.41, 5.74) is 6.90. The molecule has 0 bridgehead atoms. The third-order valence-corrected chi connectivity index (χ3v) is 5.45. The largest absolute Gasteiger partial charge is 0.378 e. The van der Waals surface area contributed by atoms with Crippen LogP contribution in [0.3, 0.4) is 0 Å². The first kappa shape index (κ1) is 15.3. The SMILES string of the molecule is CC(C)(C)C1CCC(C(N)CCC2CCCO2)CC1. The summed E-state index contributed by atoms with van der Waals surface area (Å²) in [6, 6.07) is 0.408. The van der Waals surface area contributed by atoms with E-state index in [1.165, 1.54) is 44.9 Å². The van der Waals surface area contributed by atoms with Gasteiger partial charge in [0.2, 0.25) is 0 Å². The van der Waals surface area contributed by atoms with Crippen LogP contribution in [0, 0.1) is 17.3 Å². The Kier molecular flexibility index (Phi) is 5.30. The van der Waals surface area contributed by atoms with E-state index in [9.17, 15) is 0 Å². The first-order chi connectivity index (χ1) is 8.97. The van der Waals surface area contributed by atoms with Crippen LogP contribution in [0.15, 0.2) is 0 Å². The van der Waals surface area contributed by atoms with E-state index in [0.717, 1.165) is 24.9 Å². The molecule has 0 aromatic heterocycles. The first-order valence-corrected chi connectivity index (χ1v) is 8.34. The number of ether oxygens (including phenoxy) is 1. The van der Waals surface area contributed by atoms with Crippen molar-refractivity contribution in [3.05, 3.63) is 0 Å². The molecule has 1 aliphatic heterocycles. The average Bonchev–Trinajstić information content (AvgIpc) is 2.88. The normalized spacial score (nSPS) is 34.4. The van der Waals surface area contributed by atoms with E-state index in [4.69, 9.17) is 10.5 Å². The fourth-order valence-corrected chi connectivity index (χ4v) is 3.90. The molecule has 1 aliphatic carbocycles. The summed E-state index contributed by atoms with van der Waals surface area (Å²) in [5.74, 6) is 1.66. The van der Waals surface area contributed by atoms with Gasteiger partial charge in [0.1, 0.15) is 0 Å². The first-order valence-electron chi connectivity index (χ1n) is 8.34. The minimum atomic E-state index is 0.408. The molecule has 2 atom stereocenters. The lowest BCUT2D eigenvalue weighted by Gasteiger charge is -2.38. The molecular formula is C17H33NO. The second-order valence-electron chi connectivity index (χ2n) is 7.85. The standard InChI is InChI=1S/C17H33NO/c1-17(2,3)14-8-6-13(7-9-14)16(18)11-10-15-5-4-12-19-15/h13-16H,4-12,18H2,1-3H3. The van der Waals surface area contributed by atoms with Crippen LogP contribution >= 0.6 is 0 Å². The van der Waals surface area contributed by atoms with E-state index in [1.54, 1.807) is 0 Å². The summed E-state index contributed by atoms with van der Waals surface area (Å²) in [7, 11) is 0. The Labute approximate surface area is 119 Å². The van der Waals surface area contributed by atoms with Crippen molar-refractivity contribution in [3.63, 3.8) is 0 Å². The second-order valence-corrected chi connectivity index (χ2v) is 7.85. The summed E-state index contributed by atoms with van der Waals surface area (Å²) in [4.78, 5) is 0. The van der Waals surface area contributed by atoms with Gasteiger partial charge in [-0.05, 0) is 68.6 Å². The average molecular weight is 267 g/mol. The molecule has 2 aliphatic rings. The lowest BCUT2D eigenvalue weighted by Crippen LogP contribution is -2.36. The molecule has 0 amide bonds. The van der Waals surface area contributed by atoms with Gasteiger partial charge in [0.25, 0.3) is 0 Å². The second kappa shape index (κ2) is 6.58. The van der Waals surface area contributed by atoms with Gasteiger partial charge in [-0.25, -0.2) is 0 Å². The predicted molar refractivity (Wildman–Crippen MR) is 81.1 cm³/mol. The van der Waals surface area contributed by atoms with Crippen molar-refractivity contribution >= 4 is 0 Å². The van der Waals surface area contributed by atoms with Gasteiger partial charge < -0.3 is 10.5 Å². The van der Waals surface area contributed by atoms with Crippen molar-refractivity contribution in [1.82, 2.24) is 0 Å². The minimum absolute atomic E-state index is 0.408. The smallest absolute Gasteiger partial charge is 0.0576 e. The van der Waals surface area contributed by atoms with Gasteiger partial charge in [0.15, 0.2) is 0 Å². The molecule has 112 valence electrons. The fourth-order valence-electron chi connectivity index (χ4n) is 3.90. The third kappa shape index (κ3) is 4.46. The summed E-state index contributed by atoms with van der Waals surface area (Å²) < 4.78 is 5.70. The molecular weight excluding hydrogens is 234 g/mol. The Balaban J connectivity index is 1.68. The fraction of sp³-hybridized carbons (Fsp3) is 1.00. The summed E-state index contributed by atoms with van der Waals surface area (Å²) >= 11 is 0. The Bertz CT molecular complexity index is 257. The van der Waals surface area contributed by atoms with Crippen LogP contribution in [-0.4, -0.2) is 18.8 Å². The van der Waals surface area contributed by atoms with Crippen LogP contribution in [0.25, 0.3) is 0 Å². The molecule has 0 radical (unpaired) electrons. The molecule has 2 fully saturated rings. The molecule has 1 saturated carbocycles. The Morgan fingerprint density at radius 2 is 1.79 bits per heavy atom. The van der Waals surface area contributed by atoms with E-state index in [1.807, 2.05) is 0 Å². The molecule has 0 aromatic rings. The van der Waals surface area contributed by atoms with Crippen molar-refractivity contribution in [2.45, 2.75) is 84.3 Å². The molecule has 2 N–H and O–H groups in total. The van der Waals surface area contributed by atoms with Gasteiger partial charge in [-0.15, -0.1) is 0 Å². The highest BCUT2D eigenvalue weighted by Gasteiger charge is 2.32. The van der Waals surface area contributed by atoms with Crippen LogP contribution in [0.1, 0.15) is 72.1 Å². The summed E-state index contributed by atoms with van der Waals surface area (Å²) in [6.07, 6.45) is 10.8. The van der Waals surface area contributed by atoms with Crippen molar-refractivity contribution in [1.29, 1.82) is 0 Å². The predicted octanol–water partition coefficient (Wildman–Crippen LogP) is 4.13. The summed E-state index contributed by atoms with van der Waals surface area (Å²) in [5, 5.41) is 0. The molecule has 2 rings (SSSR count). The number of rotatable bonds is 4. The lowest BCUT2D eigenvalue weighted by molar-refractivity contribution is 0.0938. The van der Waals surface area contributed by atoms with Crippen molar-refractivity contribution < 1.29 is 4.74 Å². The topological polar surface area (TPSA) is 35.2 Å². The molecule has 1 saturated heterocycles. The number of hydrogen-bond donors (Lipinski definition) is 1. The zero-order chi connectivity index (χ0) is 13.9. The van der Waals surface area contributed by atoms with E-state index in [0.29, 0.717) is 17.6 Å². The molecule has 0 spiro atoms. The molecule has 1 heterocycles. The van der Waals surface area contributed by atoms with Gasteiger partial charge in [-0.2, -0.15) is 0 Å². The molecule has 2 nitrogen and oxygen atoms in total. The van der Waals surface area contributed by atoms with E-state index < -0.39 is 0 Å². The van der Waals surface area contributed by atoms with E-state index in [2.05, 4.69) is 20.8 Å². The maximum atomic E-state index is 6.43. The zero-order valence-electron chi connectivity index (χ0n) is 13.2. The zero-order valence-corrected chi connectivity index (χ0v) is 13.2. The summed E-state index contributed by atoms with van der Waals surface area (Å²) in [6.45, 7) is 8.12. The maximum absolute atomic E-state index is 6.43.